The number of hydrogen-bond acceptors (Lipinski definition) is 14. The zero-order chi connectivity index (χ0) is 46.9. The van der Waals surface area contributed by atoms with Gasteiger partial charge in [0.25, 0.3) is 17.7 Å². The van der Waals surface area contributed by atoms with E-state index >= 15 is 0 Å². The second-order valence-electron chi connectivity index (χ2n) is 18.2. The monoisotopic (exact) mass is 915 g/mol. The standard InChI is InChI=1S/C48H57N11O8/c1-4-8-30-27-58(32-9-5-6-10-32)42-37(54(2)45(30)64)26-49-48(53-42)51-34-14-13-29(25-38(34)67-3)43(62)50-31-17-19-57(20-18-31)40(61)28-55-21-23-56(24-22-55)35-12-7-11-33-41(35)47(66)59(46(33)65)36-15-16-39(60)52-44(36)63/h4,7,11-14,25-26,30-32,36H,1,5-6,8-10,15-24,27-28H2,2-3H3,(H,50,62)(H,49,51,53)(H,52,60,63). The number of rotatable bonds is 12. The maximum atomic E-state index is 13.7. The highest BCUT2D eigenvalue weighted by Gasteiger charge is 2.46. The number of ether oxygens (including phenoxy) is 1. The van der Waals surface area contributed by atoms with Crippen LogP contribution in [-0.2, 0) is 19.2 Å². The van der Waals surface area contributed by atoms with Crippen LogP contribution >= 0.6 is 0 Å². The zero-order valence-electron chi connectivity index (χ0n) is 38.0. The number of methoxy groups -OCH3 is 1. The van der Waals surface area contributed by atoms with Crippen molar-refractivity contribution in [1.29, 1.82) is 0 Å². The molecule has 3 saturated heterocycles. The smallest absolute Gasteiger partial charge is 0.264 e. The molecule has 4 fully saturated rings. The highest BCUT2D eigenvalue weighted by Crippen LogP contribution is 2.39. The molecule has 19 nitrogen and oxygen atoms in total. The molecule has 3 N–H and O–H groups in total. The van der Waals surface area contributed by atoms with Gasteiger partial charge in [0.05, 0.1) is 48.3 Å². The van der Waals surface area contributed by atoms with Crippen LogP contribution in [-0.4, -0.2) is 151 Å². The Kier molecular flexibility index (Phi) is 12.9. The summed E-state index contributed by atoms with van der Waals surface area (Å²) in [6, 6.07) is 9.39. The molecule has 0 spiro atoms. The Morgan fingerprint density at radius 3 is 2.40 bits per heavy atom. The Balaban J connectivity index is 0.764. The van der Waals surface area contributed by atoms with Crippen molar-refractivity contribution in [3.05, 3.63) is 71.9 Å². The minimum absolute atomic E-state index is 0.00872. The van der Waals surface area contributed by atoms with Crippen molar-refractivity contribution in [2.24, 2.45) is 5.92 Å². The number of carbonyl (C=O) groups is 7. The second-order valence-corrected chi connectivity index (χ2v) is 18.2. The van der Waals surface area contributed by atoms with Crippen LogP contribution < -0.4 is 35.4 Å². The van der Waals surface area contributed by atoms with Crippen molar-refractivity contribution < 1.29 is 38.3 Å². The fourth-order valence-electron chi connectivity index (χ4n) is 10.4. The van der Waals surface area contributed by atoms with Gasteiger partial charge in [-0.3, -0.25) is 48.7 Å². The van der Waals surface area contributed by atoms with Gasteiger partial charge in [-0.25, -0.2) is 4.98 Å². The lowest BCUT2D eigenvalue weighted by Gasteiger charge is -2.38. The molecule has 7 amide bonds. The minimum atomic E-state index is -1.04. The first kappa shape index (κ1) is 45.3. The first-order chi connectivity index (χ1) is 32.4. The van der Waals surface area contributed by atoms with Crippen LogP contribution in [0.3, 0.4) is 0 Å². The summed E-state index contributed by atoms with van der Waals surface area (Å²) < 4.78 is 5.72. The summed E-state index contributed by atoms with van der Waals surface area (Å²) in [5.41, 5.74) is 2.77. The van der Waals surface area contributed by atoms with E-state index in [1.807, 2.05) is 9.80 Å². The predicted molar refractivity (Wildman–Crippen MR) is 248 cm³/mol. The van der Waals surface area contributed by atoms with E-state index in [9.17, 15) is 33.6 Å². The molecule has 0 radical (unpaired) electrons. The SMILES string of the molecule is C=CCC1CN(C2CCCC2)c2nc(Nc3ccc(C(=O)NC4CCN(C(=O)CN5CCN(c6cccc7c6C(=O)N(C6CCC(=O)NC6=O)C7=O)CC5)CC4)cc3OC)ncc2N(C)C1=O. The van der Waals surface area contributed by atoms with Crippen molar-refractivity contribution in [2.45, 2.75) is 75.9 Å². The van der Waals surface area contributed by atoms with Gasteiger partial charge < -0.3 is 35.0 Å². The van der Waals surface area contributed by atoms with Gasteiger partial charge in [-0.2, -0.15) is 4.98 Å². The van der Waals surface area contributed by atoms with Crippen molar-refractivity contribution in [1.82, 2.24) is 35.3 Å². The number of nitrogens with one attached hydrogen (secondary N) is 3. The molecule has 19 heteroatoms. The van der Waals surface area contributed by atoms with Crippen LogP contribution in [0.1, 0.15) is 88.9 Å². The lowest BCUT2D eigenvalue weighted by Crippen LogP contribution is -2.54. The number of hydrogen-bond donors (Lipinski definition) is 3. The molecular weight excluding hydrogens is 859 g/mol. The predicted octanol–water partition coefficient (Wildman–Crippen LogP) is 3.09. The van der Waals surface area contributed by atoms with Gasteiger partial charge in [-0.05, 0) is 68.9 Å². The van der Waals surface area contributed by atoms with Gasteiger partial charge in [0.2, 0.25) is 29.6 Å². The summed E-state index contributed by atoms with van der Waals surface area (Å²) in [6.45, 7) is 7.87. The van der Waals surface area contributed by atoms with Gasteiger partial charge in [0, 0.05) is 76.9 Å². The van der Waals surface area contributed by atoms with Crippen LogP contribution in [0.25, 0.3) is 0 Å². The number of nitrogens with zero attached hydrogens (tertiary/aromatic N) is 8. The topological polar surface area (TPSA) is 210 Å². The van der Waals surface area contributed by atoms with E-state index in [1.54, 1.807) is 60.6 Å². The molecule has 9 rings (SSSR count). The van der Waals surface area contributed by atoms with Crippen LogP contribution in [0.5, 0.6) is 5.75 Å². The van der Waals surface area contributed by atoms with Crippen LogP contribution in [0.15, 0.2) is 55.3 Å². The Bertz CT molecular complexity index is 2490. The fourth-order valence-corrected chi connectivity index (χ4v) is 10.4. The molecule has 2 aromatic carbocycles. The summed E-state index contributed by atoms with van der Waals surface area (Å²) in [6.07, 6.45) is 9.74. The van der Waals surface area contributed by atoms with Gasteiger partial charge in [0.15, 0.2) is 5.82 Å². The van der Waals surface area contributed by atoms with Crippen molar-refractivity contribution in [3.63, 3.8) is 0 Å². The van der Waals surface area contributed by atoms with Gasteiger partial charge in [-0.1, -0.05) is 25.0 Å². The van der Waals surface area contributed by atoms with Gasteiger partial charge in [0.1, 0.15) is 17.5 Å². The summed E-state index contributed by atoms with van der Waals surface area (Å²) >= 11 is 0. The third-order valence-electron chi connectivity index (χ3n) is 14.1. The number of carbonyl (C=O) groups excluding carboxylic acids is 7. The maximum absolute atomic E-state index is 13.7. The molecule has 5 aliphatic heterocycles. The average Bonchev–Trinajstić information content (AvgIpc) is 3.94. The Morgan fingerprint density at radius 1 is 0.925 bits per heavy atom. The Labute approximate surface area is 388 Å². The first-order valence-corrected chi connectivity index (χ1v) is 23.3. The molecule has 1 aromatic heterocycles. The number of benzene rings is 2. The summed E-state index contributed by atoms with van der Waals surface area (Å²) in [5, 5.41) is 8.66. The number of allylic oxidation sites excluding steroid dienone is 1. The molecule has 1 saturated carbocycles. The van der Waals surface area contributed by atoms with Crippen LogP contribution in [0.4, 0.5) is 28.8 Å². The summed E-state index contributed by atoms with van der Waals surface area (Å²) in [5.74, 6) is -1.12. The number of piperidine rings is 2. The highest BCUT2D eigenvalue weighted by atomic mass is 16.5. The number of fused-ring (bicyclic) bond motifs is 2. The highest BCUT2D eigenvalue weighted by molar-refractivity contribution is 6.25. The van der Waals surface area contributed by atoms with Crippen LogP contribution in [0, 0.1) is 5.92 Å². The van der Waals surface area contributed by atoms with E-state index in [2.05, 4.69) is 37.3 Å². The molecule has 352 valence electrons. The molecule has 1 aliphatic carbocycles. The van der Waals surface area contributed by atoms with E-state index in [-0.39, 0.29) is 66.2 Å². The van der Waals surface area contributed by atoms with Crippen molar-refractivity contribution in [2.75, 3.05) is 86.5 Å². The third-order valence-corrected chi connectivity index (χ3v) is 14.1. The summed E-state index contributed by atoms with van der Waals surface area (Å²) in [4.78, 5) is 112. The third kappa shape index (κ3) is 9.03. The normalized spacial score (nSPS) is 21.8. The van der Waals surface area contributed by atoms with E-state index in [4.69, 9.17) is 9.72 Å². The molecule has 2 unspecified atom stereocenters. The number of aromatic nitrogens is 2. The van der Waals surface area contributed by atoms with Crippen molar-refractivity contribution >= 4 is 70.2 Å². The number of piperazine rings is 1. The molecular formula is C48H57N11O8. The van der Waals surface area contributed by atoms with Crippen molar-refractivity contribution in [3.8, 4) is 5.75 Å². The Hall–Kier alpha value is -6.89. The van der Waals surface area contributed by atoms with E-state index in [1.165, 1.54) is 7.11 Å². The van der Waals surface area contributed by atoms with E-state index in [0.29, 0.717) is 105 Å². The lowest BCUT2D eigenvalue weighted by atomic mass is 10.0. The molecule has 2 atom stereocenters. The van der Waals surface area contributed by atoms with Gasteiger partial charge >= 0.3 is 0 Å². The van der Waals surface area contributed by atoms with E-state index < -0.39 is 29.7 Å². The number of anilines is 5. The number of likely N-dealkylation sites (tertiary alicyclic amines) is 1. The second kappa shape index (κ2) is 19.1. The van der Waals surface area contributed by atoms with Crippen LogP contribution in [0.2, 0.25) is 0 Å². The lowest BCUT2D eigenvalue weighted by molar-refractivity contribution is -0.136. The summed E-state index contributed by atoms with van der Waals surface area (Å²) in [7, 11) is 3.31. The molecule has 0 bridgehead atoms. The maximum Gasteiger partial charge on any atom is 0.264 e. The first-order valence-electron chi connectivity index (χ1n) is 23.3. The molecule has 3 aromatic rings. The molecule has 6 aliphatic rings. The fraction of sp³-hybridized carbons (Fsp3) is 0.479. The number of imide groups is 2. The molecule has 67 heavy (non-hydrogen) atoms. The molecule has 6 heterocycles. The van der Waals surface area contributed by atoms with E-state index in [0.717, 1.165) is 30.6 Å². The quantitative estimate of drug-likeness (QED) is 0.176. The minimum Gasteiger partial charge on any atom is -0.495 e. The number of amides is 7. The zero-order valence-corrected chi connectivity index (χ0v) is 38.0. The Morgan fingerprint density at radius 2 is 1.69 bits per heavy atom. The largest absolute Gasteiger partial charge is 0.495 e. The average molecular weight is 916 g/mol. The van der Waals surface area contributed by atoms with Gasteiger partial charge in [-0.15, -0.1) is 6.58 Å².